The lowest BCUT2D eigenvalue weighted by Gasteiger charge is -2.22. The van der Waals surface area contributed by atoms with Crippen LogP contribution in [0.4, 0.5) is 15.8 Å². The van der Waals surface area contributed by atoms with Gasteiger partial charge in [-0.2, -0.15) is 0 Å². The molecule has 0 aromatic heterocycles. The molecule has 7 heteroatoms. The van der Waals surface area contributed by atoms with E-state index in [-0.39, 0.29) is 30.6 Å². The average Bonchev–Trinajstić information content (AvgIpc) is 2.63. The van der Waals surface area contributed by atoms with Crippen LogP contribution in [0.5, 0.6) is 11.5 Å². The van der Waals surface area contributed by atoms with E-state index < -0.39 is 0 Å². The van der Waals surface area contributed by atoms with Gasteiger partial charge >= 0.3 is 0 Å². The molecule has 0 heterocycles. The second-order valence-electron chi connectivity index (χ2n) is 5.52. The number of rotatable bonds is 7. The highest BCUT2D eigenvalue weighted by molar-refractivity contribution is 5.95. The number of benzene rings is 2. The topological polar surface area (TPSA) is 67.9 Å². The van der Waals surface area contributed by atoms with Gasteiger partial charge in [0, 0.05) is 37.3 Å². The van der Waals surface area contributed by atoms with Crippen molar-refractivity contribution in [1.29, 1.82) is 0 Å². The SMILES string of the molecule is COc1ccc(N(CCC(=O)Nc2ccc(F)cc2)C(C)=O)cc1OC. The molecule has 26 heavy (non-hydrogen) atoms. The molecule has 0 aliphatic heterocycles. The van der Waals surface area contributed by atoms with Gasteiger partial charge in [-0.25, -0.2) is 4.39 Å². The van der Waals surface area contributed by atoms with E-state index in [1.165, 1.54) is 50.3 Å². The number of anilines is 2. The van der Waals surface area contributed by atoms with Crippen molar-refractivity contribution in [2.24, 2.45) is 0 Å². The number of nitrogens with one attached hydrogen (secondary N) is 1. The lowest BCUT2D eigenvalue weighted by atomic mass is 10.2. The predicted octanol–water partition coefficient (Wildman–Crippen LogP) is 3.22. The maximum Gasteiger partial charge on any atom is 0.226 e. The number of carbonyl (C=O) groups excluding carboxylic acids is 2. The van der Waals surface area contributed by atoms with E-state index >= 15 is 0 Å². The number of ether oxygens (including phenoxy) is 2. The van der Waals surface area contributed by atoms with Gasteiger partial charge in [0.25, 0.3) is 0 Å². The highest BCUT2D eigenvalue weighted by Gasteiger charge is 2.16. The molecular weight excluding hydrogens is 339 g/mol. The number of hydrogen-bond donors (Lipinski definition) is 1. The number of nitrogens with zero attached hydrogens (tertiary/aromatic N) is 1. The molecule has 2 rings (SSSR count). The Morgan fingerprint density at radius 2 is 1.69 bits per heavy atom. The first-order valence-corrected chi connectivity index (χ1v) is 8.00. The third kappa shape index (κ3) is 4.95. The van der Waals surface area contributed by atoms with Crippen molar-refractivity contribution in [2.45, 2.75) is 13.3 Å². The van der Waals surface area contributed by atoms with Gasteiger partial charge in [-0.15, -0.1) is 0 Å². The summed E-state index contributed by atoms with van der Waals surface area (Å²) in [5.41, 5.74) is 1.10. The van der Waals surface area contributed by atoms with Crippen LogP contribution in [-0.4, -0.2) is 32.6 Å². The van der Waals surface area contributed by atoms with Gasteiger partial charge in [0.05, 0.1) is 14.2 Å². The zero-order chi connectivity index (χ0) is 19.1. The summed E-state index contributed by atoms with van der Waals surface area (Å²) in [6.45, 7) is 1.62. The minimum absolute atomic E-state index is 0.0886. The lowest BCUT2D eigenvalue weighted by Crippen LogP contribution is -2.32. The third-order valence-corrected chi connectivity index (χ3v) is 3.75. The summed E-state index contributed by atoms with van der Waals surface area (Å²) in [6, 6.07) is 10.6. The van der Waals surface area contributed by atoms with Gasteiger partial charge < -0.3 is 19.7 Å². The largest absolute Gasteiger partial charge is 0.493 e. The van der Waals surface area contributed by atoms with E-state index in [2.05, 4.69) is 5.32 Å². The second kappa shape index (κ2) is 8.84. The molecule has 0 saturated carbocycles. The molecule has 0 fully saturated rings. The summed E-state index contributed by atoms with van der Waals surface area (Å²) in [5.74, 6) is 0.190. The van der Waals surface area contributed by atoms with Crippen LogP contribution in [0.1, 0.15) is 13.3 Å². The molecule has 2 aromatic carbocycles. The molecule has 0 atom stereocenters. The zero-order valence-electron chi connectivity index (χ0n) is 14.9. The third-order valence-electron chi connectivity index (χ3n) is 3.75. The summed E-state index contributed by atoms with van der Waals surface area (Å²) in [7, 11) is 3.04. The molecule has 0 aliphatic carbocycles. The predicted molar refractivity (Wildman–Crippen MR) is 97.2 cm³/mol. The molecule has 1 N–H and O–H groups in total. The molecule has 0 radical (unpaired) electrons. The van der Waals surface area contributed by atoms with Crippen molar-refractivity contribution in [3.63, 3.8) is 0 Å². The fourth-order valence-corrected chi connectivity index (χ4v) is 2.43. The fraction of sp³-hybridized carbons (Fsp3) is 0.263. The van der Waals surface area contributed by atoms with Crippen LogP contribution in [0, 0.1) is 5.82 Å². The van der Waals surface area contributed by atoms with Crippen LogP contribution in [0.3, 0.4) is 0 Å². The maximum atomic E-state index is 12.9. The summed E-state index contributed by atoms with van der Waals surface area (Å²) in [5, 5.41) is 2.67. The molecule has 6 nitrogen and oxygen atoms in total. The average molecular weight is 360 g/mol. The van der Waals surface area contributed by atoms with Gasteiger partial charge in [-0.1, -0.05) is 0 Å². The molecule has 0 saturated heterocycles. The Balaban J connectivity index is 2.05. The second-order valence-corrected chi connectivity index (χ2v) is 5.52. The van der Waals surface area contributed by atoms with Crippen LogP contribution >= 0.6 is 0 Å². The van der Waals surface area contributed by atoms with E-state index in [4.69, 9.17) is 9.47 Å². The standard InChI is InChI=1S/C19H21FN2O4/c1-13(23)22(16-8-9-17(25-2)18(12-16)26-3)11-10-19(24)21-15-6-4-14(20)5-7-15/h4-9,12H,10-11H2,1-3H3,(H,21,24). The monoisotopic (exact) mass is 360 g/mol. The highest BCUT2D eigenvalue weighted by Crippen LogP contribution is 2.31. The molecule has 0 bridgehead atoms. The summed E-state index contributed by atoms with van der Waals surface area (Å²) in [6.07, 6.45) is 0.0886. The Morgan fingerprint density at radius 1 is 1.04 bits per heavy atom. The van der Waals surface area contributed by atoms with E-state index in [0.29, 0.717) is 22.9 Å². The number of hydrogen-bond acceptors (Lipinski definition) is 4. The Morgan fingerprint density at radius 3 is 2.27 bits per heavy atom. The summed E-state index contributed by atoms with van der Waals surface area (Å²) in [4.78, 5) is 25.6. The van der Waals surface area contributed by atoms with Crippen LogP contribution in [0.25, 0.3) is 0 Å². The smallest absolute Gasteiger partial charge is 0.226 e. The first-order chi connectivity index (χ1) is 12.4. The Labute approximate surface area is 151 Å². The zero-order valence-corrected chi connectivity index (χ0v) is 14.9. The number of halogens is 1. The van der Waals surface area contributed by atoms with Crippen LogP contribution in [0.2, 0.25) is 0 Å². The van der Waals surface area contributed by atoms with Crippen molar-refractivity contribution >= 4 is 23.2 Å². The minimum atomic E-state index is -0.376. The highest BCUT2D eigenvalue weighted by atomic mass is 19.1. The maximum absolute atomic E-state index is 12.9. The van der Waals surface area contributed by atoms with Crippen LogP contribution < -0.4 is 19.7 Å². The summed E-state index contributed by atoms with van der Waals surface area (Å²) < 4.78 is 23.3. The molecule has 138 valence electrons. The van der Waals surface area contributed by atoms with E-state index in [1.807, 2.05) is 0 Å². The number of methoxy groups -OCH3 is 2. The van der Waals surface area contributed by atoms with E-state index in [9.17, 15) is 14.0 Å². The van der Waals surface area contributed by atoms with Gasteiger partial charge in [-0.05, 0) is 36.4 Å². The Bertz CT molecular complexity index is 778. The normalized spacial score (nSPS) is 10.2. The number of carbonyl (C=O) groups is 2. The quantitative estimate of drug-likeness (QED) is 0.823. The Kier molecular flexibility index (Phi) is 6.54. The summed E-state index contributed by atoms with van der Waals surface area (Å²) >= 11 is 0. The first-order valence-electron chi connectivity index (χ1n) is 8.00. The molecule has 0 aliphatic rings. The molecular formula is C19H21FN2O4. The molecule has 2 amide bonds. The van der Waals surface area contributed by atoms with Crippen molar-refractivity contribution in [3.05, 3.63) is 48.3 Å². The van der Waals surface area contributed by atoms with E-state index in [1.54, 1.807) is 18.2 Å². The van der Waals surface area contributed by atoms with Crippen molar-refractivity contribution in [2.75, 3.05) is 31.0 Å². The molecule has 0 spiro atoms. The first kappa shape index (κ1) is 19.2. The lowest BCUT2D eigenvalue weighted by molar-refractivity contribution is -0.117. The molecule has 2 aromatic rings. The van der Waals surface area contributed by atoms with E-state index in [0.717, 1.165) is 0 Å². The van der Waals surface area contributed by atoms with Crippen LogP contribution in [0.15, 0.2) is 42.5 Å². The number of amides is 2. The van der Waals surface area contributed by atoms with Gasteiger partial charge in [0.2, 0.25) is 11.8 Å². The van der Waals surface area contributed by atoms with Gasteiger partial charge in [-0.3, -0.25) is 9.59 Å². The van der Waals surface area contributed by atoms with Crippen molar-refractivity contribution in [1.82, 2.24) is 0 Å². The Hall–Kier alpha value is -3.09. The fourth-order valence-electron chi connectivity index (χ4n) is 2.43. The van der Waals surface area contributed by atoms with Crippen LogP contribution in [-0.2, 0) is 9.59 Å². The molecule has 0 unspecified atom stereocenters. The van der Waals surface area contributed by atoms with Gasteiger partial charge in [0.15, 0.2) is 11.5 Å². The van der Waals surface area contributed by atoms with Crippen molar-refractivity contribution in [3.8, 4) is 11.5 Å². The van der Waals surface area contributed by atoms with Gasteiger partial charge in [0.1, 0.15) is 5.82 Å². The minimum Gasteiger partial charge on any atom is -0.493 e. The van der Waals surface area contributed by atoms with Crippen molar-refractivity contribution < 1.29 is 23.5 Å².